The standard InChI is InChI=1S/C19H19N3O2S/c1-3-16(13-8-5-4-6-9-13)18-21-22-19(25-18)20-17(23)14-10-7-11-15(12-14)24-2/h4-12,16H,3H2,1-2H3,(H,20,22,23)/t16-/m0/s1. The monoisotopic (exact) mass is 353 g/mol. The SMILES string of the molecule is CC[C@@H](c1ccccc1)c1nnc(NC(=O)c2cccc(OC)c2)s1. The minimum absolute atomic E-state index is 0.182. The Hall–Kier alpha value is -2.73. The number of nitrogens with one attached hydrogen (secondary N) is 1. The van der Waals surface area contributed by atoms with Gasteiger partial charge in [-0.15, -0.1) is 10.2 Å². The summed E-state index contributed by atoms with van der Waals surface area (Å²) >= 11 is 1.41. The molecule has 1 amide bonds. The van der Waals surface area contributed by atoms with E-state index in [0.717, 1.165) is 11.4 Å². The lowest BCUT2D eigenvalue weighted by atomic mass is 9.97. The molecule has 128 valence electrons. The van der Waals surface area contributed by atoms with E-state index in [1.807, 2.05) is 18.2 Å². The Morgan fingerprint density at radius 1 is 1.16 bits per heavy atom. The number of hydrogen-bond acceptors (Lipinski definition) is 5. The normalized spacial score (nSPS) is 11.8. The highest BCUT2D eigenvalue weighted by molar-refractivity contribution is 7.15. The van der Waals surface area contributed by atoms with Crippen LogP contribution in [0.4, 0.5) is 5.13 Å². The Morgan fingerprint density at radius 2 is 1.96 bits per heavy atom. The van der Waals surface area contributed by atoms with E-state index in [1.165, 1.54) is 16.9 Å². The molecule has 1 heterocycles. The number of amides is 1. The third kappa shape index (κ3) is 4.03. The fraction of sp³-hybridized carbons (Fsp3) is 0.211. The minimum Gasteiger partial charge on any atom is -0.497 e. The van der Waals surface area contributed by atoms with Gasteiger partial charge in [-0.05, 0) is 30.2 Å². The van der Waals surface area contributed by atoms with E-state index in [-0.39, 0.29) is 11.8 Å². The summed E-state index contributed by atoms with van der Waals surface area (Å²) in [6.45, 7) is 2.12. The summed E-state index contributed by atoms with van der Waals surface area (Å²) in [4.78, 5) is 12.4. The molecule has 0 spiro atoms. The summed E-state index contributed by atoms with van der Waals surface area (Å²) in [5, 5.41) is 12.6. The second-order valence-corrected chi connectivity index (χ2v) is 6.51. The molecule has 3 rings (SSSR count). The van der Waals surface area contributed by atoms with Crippen LogP contribution in [0, 0.1) is 0 Å². The molecule has 6 heteroatoms. The number of ether oxygens (including phenoxy) is 1. The average molecular weight is 353 g/mol. The van der Waals surface area contributed by atoms with Gasteiger partial charge in [-0.2, -0.15) is 0 Å². The van der Waals surface area contributed by atoms with E-state index in [4.69, 9.17) is 4.74 Å². The fourth-order valence-corrected chi connectivity index (χ4v) is 3.55. The third-order valence-corrected chi connectivity index (χ3v) is 4.85. The number of carbonyl (C=O) groups excluding carboxylic acids is 1. The van der Waals surface area contributed by atoms with E-state index >= 15 is 0 Å². The number of benzene rings is 2. The van der Waals surface area contributed by atoms with Gasteiger partial charge < -0.3 is 4.74 Å². The molecule has 0 fully saturated rings. The van der Waals surface area contributed by atoms with E-state index in [9.17, 15) is 4.79 Å². The first-order valence-corrected chi connectivity index (χ1v) is 8.86. The molecule has 0 saturated heterocycles. The van der Waals surface area contributed by atoms with Crippen molar-refractivity contribution in [2.45, 2.75) is 19.3 Å². The minimum atomic E-state index is -0.227. The van der Waals surface area contributed by atoms with Crippen LogP contribution in [0.15, 0.2) is 54.6 Å². The molecule has 0 aliphatic rings. The van der Waals surface area contributed by atoms with Crippen molar-refractivity contribution >= 4 is 22.4 Å². The Morgan fingerprint density at radius 3 is 2.68 bits per heavy atom. The van der Waals surface area contributed by atoms with Crippen LogP contribution in [-0.2, 0) is 0 Å². The van der Waals surface area contributed by atoms with Crippen molar-refractivity contribution in [2.24, 2.45) is 0 Å². The summed E-state index contributed by atoms with van der Waals surface area (Å²) in [6, 6.07) is 17.2. The van der Waals surface area contributed by atoms with Crippen molar-refractivity contribution in [1.29, 1.82) is 0 Å². The molecule has 2 aromatic carbocycles. The van der Waals surface area contributed by atoms with Crippen LogP contribution < -0.4 is 10.1 Å². The number of carbonyl (C=O) groups is 1. The second-order valence-electron chi connectivity index (χ2n) is 5.50. The molecule has 0 aliphatic heterocycles. The first-order valence-electron chi connectivity index (χ1n) is 8.05. The first-order chi connectivity index (χ1) is 12.2. The van der Waals surface area contributed by atoms with E-state index in [0.29, 0.717) is 16.4 Å². The molecule has 1 N–H and O–H groups in total. The number of nitrogens with zero attached hydrogens (tertiary/aromatic N) is 2. The van der Waals surface area contributed by atoms with Crippen molar-refractivity contribution in [2.75, 3.05) is 12.4 Å². The van der Waals surface area contributed by atoms with Gasteiger partial charge in [0.25, 0.3) is 5.91 Å². The van der Waals surface area contributed by atoms with Crippen LogP contribution in [0.1, 0.15) is 40.2 Å². The van der Waals surface area contributed by atoms with Crippen LogP contribution >= 0.6 is 11.3 Å². The largest absolute Gasteiger partial charge is 0.497 e. The van der Waals surface area contributed by atoms with Crippen LogP contribution in [0.5, 0.6) is 5.75 Å². The highest BCUT2D eigenvalue weighted by Gasteiger charge is 2.18. The molecular formula is C19H19N3O2S. The van der Waals surface area contributed by atoms with Gasteiger partial charge in [-0.25, -0.2) is 0 Å². The molecule has 0 radical (unpaired) electrons. The van der Waals surface area contributed by atoms with E-state index in [2.05, 4.69) is 34.6 Å². The quantitative estimate of drug-likeness (QED) is 0.716. The number of methoxy groups -OCH3 is 1. The van der Waals surface area contributed by atoms with Crippen molar-refractivity contribution in [3.05, 3.63) is 70.7 Å². The van der Waals surface area contributed by atoms with Crippen LogP contribution in [0.25, 0.3) is 0 Å². The molecule has 0 unspecified atom stereocenters. The highest BCUT2D eigenvalue weighted by atomic mass is 32.1. The number of aromatic nitrogens is 2. The summed E-state index contributed by atoms with van der Waals surface area (Å²) in [7, 11) is 1.57. The van der Waals surface area contributed by atoms with Gasteiger partial charge in [0.1, 0.15) is 10.8 Å². The Bertz CT molecular complexity index is 849. The number of hydrogen-bond donors (Lipinski definition) is 1. The lowest BCUT2D eigenvalue weighted by molar-refractivity contribution is 0.102. The van der Waals surface area contributed by atoms with Crippen molar-refractivity contribution in [1.82, 2.24) is 10.2 Å². The van der Waals surface area contributed by atoms with Gasteiger partial charge in [0.05, 0.1) is 7.11 Å². The van der Waals surface area contributed by atoms with Gasteiger partial charge in [-0.1, -0.05) is 54.7 Å². The first kappa shape index (κ1) is 17.1. The fourth-order valence-electron chi connectivity index (χ4n) is 2.60. The van der Waals surface area contributed by atoms with E-state index < -0.39 is 0 Å². The average Bonchev–Trinajstić information content (AvgIpc) is 3.11. The zero-order chi connectivity index (χ0) is 17.6. The maximum Gasteiger partial charge on any atom is 0.257 e. The lowest BCUT2D eigenvalue weighted by Crippen LogP contribution is -2.11. The van der Waals surface area contributed by atoms with Crippen molar-refractivity contribution < 1.29 is 9.53 Å². The predicted molar refractivity (Wildman–Crippen MR) is 99.4 cm³/mol. The third-order valence-electron chi connectivity index (χ3n) is 3.90. The Balaban J connectivity index is 1.75. The van der Waals surface area contributed by atoms with Crippen molar-refractivity contribution in [3.63, 3.8) is 0 Å². The Kier molecular flexibility index (Phi) is 5.40. The van der Waals surface area contributed by atoms with Crippen LogP contribution in [-0.4, -0.2) is 23.2 Å². The predicted octanol–water partition coefficient (Wildman–Crippen LogP) is 4.34. The lowest BCUT2D eigenvalue weighted by Gasteiger charge is -2.11. The number of rotatable bonds is 6. The van der Waals surface area contributed by atoms with Gasteiger partial charge >= 0.3 is 0 Å². The molecule has 0 saturated carbocycles. The van der Waals surface area contributed by atoms with Gasteiger partial charge in [0.15, 0.2) is 0 Å². The number of anilines is 1. The molecule has 5 nitrogen and oxygen atoms in total. The second kappa shape index (κ2) is 7.90. The highest BCUT2D eigenvalue weighted by Crippen LogP contribution is 2.31. The summed E-state index contributed by atoms with van der Waals surface area (Å²) < 4.78 is 5.15. The van der Waals surface area contributed by atoms with Gasteiger partial charge in [0.2, 0.25) is 5.13 Å². The maximum atomic E-state index is 12.4. The topological polar surface area (TPSA) is 64.1 Å². The van der Waals surface area contributed by atoms with E-state index in [1.54, 1.807) is 31.4 Å². The van der Waals surface area contributed by atoms with Crippen molar-refractivity contribution in [3.8, 4) is 5.75 Å². The molecule has 0 bridgehead atoms. The molecule has 3 aromatic rings. The zero-order valence-electron chi connectivity index (χ0n) is 14.1. The summed E-state index contributed by atoms with van der Waals surface area (Å²) in [5.74, 6) is 0.594. The van der Waals surface area contributed by atoms with Crippen LogP contribution in [0.3, 0.4) is 0 Å². The van der Waals surface area contributed by atoms with Gasteiger partial charge in [-0.3, -0.25) is 10.1 Å². The molecule has 0 aliphatic carbocycles. The molecular weight excluding hydrogens is 334 g/mol. The molecule has 25 heavy (non-hydrogen) atoms. The van der Waals surface area contributed by atoms with Crippen LogP contribution in [0.2, 0.25) is 0 Å². The zero-order valence-corrected chi connectivity index (χ0v) is 14.9. The maximum absolute atomic E-state index is 12.4. The summed E-state index contributed by atoms with van der Waals surface area (Å²) in [5.41, 5.74) is 1.72. The smallest absolute Gasteiger partial charge is 0.257 e. The molecule has 1 atom stereocenters. The summed E-state index contributed by atoms with van der Waals surface area (Å²) in [6.07, 6.45) is 0.919. The van der Waals surface area contributed by atoms with Gasteiger partial charge in [0, 0.05) is 11.5 Å². The molecule has 1 aromatic heterocycles. The Labute approximate surface area is 150 Å².